The van der Waals surface area contributed by atoms with Crippen molar-refractivity contribution in [1.29, 1.82) is 0 Å². The lowest BCUT2D eigenvalue weighted by atomic mass is 10.2. The molecular weight excluding hydrogens is 340 g/mol. The van der Waals surface area contributed by atoms with Gasteiger partial charge in [0, 0.05) is 29.4 Å². The first-order valence-corrected chi connectivity index (χ1v) is 8.54. The summed E-state index contributed by atoms with van der Waals surface area (Å²) in [5.74, 6) is 1.62. The normalized spacial score (nSPS) is 10.5. The summed E-state index contributed by atoms with van der Waals surface area (Å²) < 4.78 is 1.08. The zero-order valence-electron chi connectivity index (χ0n) is 13.4. The van der Waals surface area contributed by atoms with Gasteiger partial charge in [-0.1, -0.05) is 29.8 Å². The number of hydrogen-bond acceptors (Lipinski definition) is 4. The lowest BCUT2D eigenvalue weighted by molar-refractivity contribution is 0.721. The van der Waals surface area contributed by atoms with Crippen molar-refractivity contribution >= 4 is 33.4 Å². The number of hydrogen-bond donors (Lipinski definition) is 1. The van der Waals surface area contributed by atoms with Gasteiger partial charge in [-0.25, -0.2) is 4.98 Å². The lowest BCUT2D eigenvalue weighted by Gasteiger charge is -2.21. The van der Waals surface area contributed by atoms with Crippen molar-refractivity contribution < 1.29 is 0 Å². The Kier molecular flexibility index (Phi) is 6.19. The predicted molar refractivity (Wildman–Crippen MR) is 97.0 cm³/mol. The highest BCUT2D eigenvalue weighted by atomic mass is 79.9. The first-order chi connectivity index (χ1) is 10.6. The second-order valence-corrected chi connectivity index (χ2v) is 6.23. The lowest BCUT2D eigenvalue weighted by Crippen LogP contribution is -2.27. The number of nitrogens with zero attached hydrogens (tertiary/aromatic N) is 3. The number of nitrogens with one attached hydrogen (secondary N) is 1. The van der Waals surface area contributed by atoms with Gasteiger partial charge in [-0.3, -0.25) is 0 Å². The van der Waals surface area contributed by atoms with Gasteiger partial charge in [0.05, 0.1) is 0 Å². The molecule has 0 unspecified atom stereocenters. The molecule has 0 saturated heterocycles. The van der Waals surface area contributed by atoms with E-state index in [0.29, 0.717) is 0 Å². The molecule has 0 bridgehead atoms. The van der Waals surface area contributed by atoms with Gasteiger partial charge in [0.1, 0.15) is 5.82 Å². The molecule has 118 valence electrons. The number of benzene rings is 1. The number of halogens is 1. The molecule has 1 aromatic heterocycles. The van der Waals surface area contributed by atoms with Gasteiger partial charge in [0.25, 0.3) is 0 Å². The molecular formula is C17H23BrN4. The smallest absolute Gasteiger partial charge is 0.227 e. The van der Waals surface area contributed by atoms with E-state index in [-0.39, 0.29) is 0 Å². The minimum Gasteiger partial charge on any atom is -0.341 e. The standard InChI is InChI=1S/C17H23BrN4/c1-4-10-22(11-5-2)17-19-9-8-16(21-17)20-15-7-6-14(18)12-13(15)3/h6-9,12H,4-5,10-11H2,1-3H3,(H,19,20,21). The third kappa shape index (κ3) is 4.44. The number of rotatable bonds is 7. The molecule has 22 heavy (non-hydrogen) atoms. The van der Waals surface area contributed by atoms with E-state index in [1.165, 1.54) is 5.56 Å². The highest BCUT2D eigenvalue weighted by Gasteiger charge is 2.09. The Labute approximate surface area is 141 Å². The SMILES string of the molecule is CCCN(CCC)c1nccc(Nc2ccc(Br)cc2C)n1. The molecule has 0 aliphatic carbocycles. The fraction of sp³-hybridized carbons (Fsp3) is 0.412. The molecule has 1 heterocycles. The summed E-state index contributed by atoms with van der Waals surface area (Å²) in [4.78, 5) is 11.3. The fourth-order valence-electron chi connectivity index (χ4n) is 2.33. The van der Waals surface area contributed by atoms with Crippen LogP contribution in [0.2, 0.25) is 0 Å². The molecule has 0 radical (unpaired) electrons. The highest BCUT2D eigenvalue weighted by Crippen LogP contribution is 2.23. The van der Waals surface area contributed by atoms with Crippen LogP contribution in [0, 0.1) is 6.92 Å². The molecule has 0 aliphatic rings. The van der Waals surface area contributed by atoms with Crippen LogP contribution < -0.4 is 10.2 Å². The Morgan fingerprint density at radius 2 is 1.86 bits per heavy atom. The quantitative estimate of drug-likeness (QED) is 0.758. The number of anilines is 3. The van der Waals surface area contributed by atoms with Gasteiger partial charge in [-0.2, -0.15) is 4.98 Å². The summed E-state index contributed by atoms with van der Waals surface area (Å²) in [6, 6.07) is 8.07. The van der Waals surface area contributed by atoms with E-state index in [0.717, 1.165) is 47.9 Å². The highest BCUT2D eigenvalue weighted by molar-refractivity contribution is 9.10. The molecule has 2 rings (SSSR count). The average molecular weight is 363 g/mol. The van der Waals surface area contributed by atoms with Crippen LogP contribution >= 0.6 is 15.9 Å². The first kappa shape index (κ1) is 16.7. The summed E-state index contributed by atoms with van der Waals surface area (Å²) in [5, 5.41) is 3.38. The summed E-state index contributed by atoms with van der Waals surface area (Å²) in [5.41, 5.74) is 2.24. The topological polar surface area (TPSA) is 41.1 Å². The maximum absolute atomic E-state index is 4.66. The van der Waals surface area contributed by atoms with E-state index in [4.69, 9.17) is 0 Å². The van der Waals surface area contributed by atoms with Crippen LogP contribution in [0.25, 0.3) is 0 Å². The van der Waals surface area contributed by atoms with Crippen LogP contribution in [0.15, 0.2) is 34.9 Å². The van der Waals surface area contributed by atoms with Crippen LogP contribution in [0.3, 0.4) is 0 Å². The van der Waals surface area contributed by atoms with Crippen molar-refractivity contribution in [3.05, 3.63) is 40.5 Å². The minimum atomic E-state index is 0.795. The van der Waals surface area contributed by atoms with Crippen LogP contribution in [-0.2, 0) is 0 Å². The van der Waals surface area contributed by atoms with Gasteiger partial charge < -0.3 is 10.2 Å². The summed E-state index contributed by atoms with van der Waals surface area (Å²) >= 11 is 3.49. The van der Waals surface area contributed by atoms with Gasteiger partial charge >= 0.3 is 0 Å². The first-order valence-electron chi connectivity index (χ1n) is 7.75. The molecule has 0 aliphatic heterocycles. The maximum Gasteiger partial charge on any atom is 0.227 e. The van der Waals surface area contributed by atoms with Crippen molar-refractivity contribution in [2.24, 2.45) is 0 Å². The van der Waals surface area contributed by atoms with E-state index in [2.05, 4.69) is 69.0 Å². The van der Waals surface area contributed by atoms with Crippen molar-refractivity contribution in [3.63, 3.8) is 0 Å². The molecule has 0 spiro atoms. The van der Waals surface area contributed by atoms with E-state index in [9.17, 15) is 0 Å². The van der Waals surface area contributed by atoms with Crippen LogP contribution in [0.4, 0.5) is 17.5 Å². The van der Waals surface area contributed by atoms with Crippen LogP contribution in [-0.4, -0.2) is 23.1 Å². The summed E-state index contributed by atoms with van der Waals surface area (Å²) in [6.45, 7) is 8.39. The average Bonchev–Trinajstić information content (AvgIpc) is 2.50. The van der Waals surface area contributed by atoms with Gasteiger partial charge in [0.15, 0.2) is 0 Å². The molecule has 4 nitrogen and oxygen atoms in total. The Bertz CT molecular complexity index is 609. The Balaban J connectivity index is 2.20. The van der Waals surface area contributed by atoms with E-state index in [1.807, 2.05) is 18.3 Å². The molecule has 0 fully saturated rings. The van der Waals surface area contributed by atoms with Crippen molar-refractivity contribution in [2.75, 3.05) is 23.3 Å². The van der Waals surface area contributed by atoms with Gasteiger partial charge in [-0.05, 0) is 49.6 Å². The maximum atomic E-state index is 4.66. The van der Waals surface area contributed by atoms with Gasteiger partial charge in [-0.15, -0.1) is 0 Å². The third-order valence-electron chi connectivity index (χ3n) is 3.36. The van der Waals surface area contributed by atoms with Crippen LogP contribution in [0.1, 0.15) is 32.3 Å². The van der Waals surface area contributed by atoms with E-state index in [1.54, 1.807) is 0 Å². The second kappa shape index (κ2) is 8.13. The molecule has 1 N–H and O–H groups in total. The molecule has 0 amide bonds. The zero-order chi connectivity index (χ0) is 15.9. The van der Waals surface area contributed by atoms with Crippen LogP contribution in [0.5, 0.6) is 0 Å². The monoisotopic (exact) mass is 362 g/mol. The molecule has 0 atom stereocenters. The van der Waals surface area contributed by atoms with Gasteiger partial charge in [0.2, 0.25) is 5.95 Å². The number of aryl methyl sites for hydroxylation is 1. The molecule has 5 heteroatoms. The Hall–Kier alpha value is -1.62. The predicted octanol–water partition coefficient (Wildman–Crippen LogP) is 4.92. The minimum absolute atomic E-state index is 0.795. The molecule has 0 saturated carbocycles. The van der Waals surface area contributed by atoms with E-state index < -0.39 is 0 Å². The summed E-state index contributed by atoms with van der Waals surface area (Å²) in [7, 11) is 0. The molecule has 1 aromatic carbocycles. The fourth-order valence-corrected chi connectivity index (χ4v) is 2.80. The zero-order valence-corrected chi connectivity index (χ0v) is 15.0. The Morgan fingerprint density at radius 1 is 1.14 bits per heavy atom. The Morgan fingerprint density at radius 3 is 2.50 bits per heavy atom. The largest absolute Gasteiger partial charge is 0.341 e. The van der Waals surface area contributed by atoms with Crippen molar-refractivity contribution in [1.82, 2.24) is 9.97 Å². The second-order valence-electron chi connectivity index (χ2n) is 5.31. The van der Waals surface area contributed by atoms with E-state index >= 15 is 0 Å². The third-order valence-corrected chi connectivity index (χ3v) is 3.86. The van der Waals surface area contributed by atoms with Crippen molar-refractivity contribution in [2.45, 2.75) is 33.6 Å². The molecule has 2 aromatic rings. The summed E-state index contributed by atoms with van der Waals surface area (Å²) in [6.07, 6.45) is 4.00. The van der Waals surface area contributed by atoms with Crippen molar-refractivity contribution in [3.8, 4) is 0 Å². The number of aromatic nitrogens is 2.